The van der Waals surface area contributed by atoms with Crippen molar-refractivity contribution in [1.82, 2.24) is 0 Å². The lowest BCUT2D eigenvalue weighted by Gasteiger charge is -2.03. The number of ether oxygens (including phenoxy) is 1. The van der Waals surface area contributed by atoms with E-state index in [-0.39, 0.29) is 5.97 Å². The second-order valence-electron chi connectivity index (χ2n) is 3.64. The standard InChI is InChI=1S/C15H18O2/c1-2-3-4-5-6-10-13-17-15(16)14-11-8-7-9-12-14/h2,4-5,7-9,11-12H,1,3,6,10,13H2/b5-4+. The van der Waals surface area contributed by atoms with E-state index in [1.165, 1.54) is 0 Å². The van der Waals surface area contributed by atoms with Crippen molar-refractivity contribution < 1.29 is 9.53 Å². The molecule has 0 radical (unpaired) electrons. The monoisotopic (exact) mass is 230 g/mol. The normalized spacial score (nSPS) is 10.4. The Morgan fingerprint density at radius 1 is 1.24 bits per heavy atom. The van der Waals surface area contributed by atoms with Crippen LogP contribution >= 0.6 is 0 Å². The number of benzene rings is 1. The van der Waals surface area contributed by atoms with Gasteiger partial charge in [0.15, 0.2) is 0 Å². The topological polar surface area (TPSA) is 26.3 Å². The predicted octanol–water partition coefficient (Wildman–Crippen LogP) is 3.76. The second-order valence-corrected chi connectivity index (χ2v) is 3.64. The number of esters is 1. The summed E-state index contributed by atoms with van der Waals surface area (Å²) < 4.78 is 5.14. The predicted molar refractivity (Wildman–Crippen MR) is 69.9 cm³/mol. The van der Waals surface area contributed by atoms with Crippen LogP contribution in [0.3, 0.4) is 0 Å². The first kappa shape index (κ1) is 13.2. The van der Waals surface area contributed by atoms with Gasteiger partial charge < -0.3 is 4.74 Å². The van der Waals surface area contributed by atoms with Crippen LogP contribution in [0.5, 0.6) is 0 Å². The summed E-state index contributed by atoms with van der Waals surface area (Å²) in [4.78, 5) is 11.5. The van der Waals surface area contributed by atoms with Crippen molar-refractivity contribution in [2.45, 2.75) is 19.3 Å². The van der Waals surface area contributed by atoms with Gasteiger partial charge in [-0.25, -0.2) is 4.79 Å². The molecule has 0 atom stereocenters. The van der Waals surface area contributed by atoms with E-state index in [4.69, 9.17) is 4.74 Å². The van der Waals surface area contributed by atoms with Gasteiger partial charge >= 0.3 is 5.97 Å². The number of hydrogen-bond acceptors (Lipinski definition) is 2. The van der Waals surface area contributed by atoms with E-state index in [1.807, 2.05) is 24.3 Å². The molecular weight excluding hydrogens is 212 g/mol. The Labute approximate surface area is 103 Å². The SMILES string of the molecule is C=CC/C=C/CCCOC(=O)c1ccccc1. The molecule has 0 saturated heterocycles. The summed E-state index contributed by atoms with van der Waals surface area (Å²) in [7, 11) is 0. The molecule has 0 aliphatic rings. The maximum Gasteiger partial charge on any atom is 0.338 e. The zero-order chi connectivity index (χ0) is 12.3. The molecule has 0 amide bonds. The molecule has 0 bridgehead atoms. The summed E-state index contributed by atoms with van der Waals surface area (Å²) in [6, 6.07) is 9.04. The molecule has 0 fully saturated rings. The molecule has 0 spiro atoms. The molecule has 0 N–H and O–H groups in total. The third kappa shape index (κ3) is 5.71. The molecule has 1 rings (SSSR count). The van der Waals surface area contributed by atoms with Crippen LogP contribution in [0.2, 0.25) is 0 Å². The summed E-state index contributed by atoms with van der Waals surface area (Å²) in [5.74, 6) is -0.249. The molecule has 0 unspecified atom stereocenters. The van der Waals surface area contributed by atoms with Crippen molar-refractivity contribution in [2.75, 3.05) is 6.61 Å². The van der Waals surface area contributed by atoms with Crippen LogP contribution in [0.1, 0.15) is 29.6 Å². The Morgan fingerprint density at radius 3 is 2.71 bits per heavy atom. The molecular formula is C15H18O2. The molecule has 17 heavy (non-hydrogen) atoms. The van der Waals surface area contributed by atoms with Gasteiger partial charge in [-0.05, 0) is 31.4 Å². The lowest BCUT2D eigenvalue weighted by Crippen LogP contribution is -2.05. The molecule has 0 aromatic heterocycles. The van der Waals surface area contributed by atoms with E-state index >= 15 is 0 Å². The average Bonchev–Trinajstić information content (AvgIpc) is 2.38. The molecule has 0 heterocycles. The summed E-state index contributed by atoms with van der Waals surface area (Å²) in [5.41, 5.74) is 0.606. The van der Waals surface area contributed by atoms with Crippen molar-refractivity contribution in [3.63, 3.8) is 0 Å². The Hall–Kier alpha value is -1.83. The fourth-order valence-corrected chi connectivity index (χ4v) is 1.33. The number of carbonyl (C=O) groups is 1. The Bertz CT molecular complexity index is 366. The third-order valence-electron chi connectivity index (χ3n) is 2.23. The Morgan fingerprint density at radius 2 is 2.00 bits per heavy atom. The fourth-order valence-electron chi connectivity index (χ4n) is 1.33. The van der Waals surface area contributed by atoms with Crippen molar-refractivity contribution in [3.8, 4) is 0 Å². The summed E-state index contributed by atoms with van der Waals surface area (Å²) in [6.07, 6.45) is 8.67. The minimum Gasteiger partial charge on any atom is -0.462 e. The number of rotatable bonds is 7. The summed E-state index contributed by atoms with van der Waals surface area (Å²) in [6.45, 7) is 4.10. The van der Waals surface area contributed by atoms with Crippen molar-refractivity contribution in [3.05, 3.63) is 60.7 Å². The molecule has 2 nitrogen and oxygen atoms in total. The molecule has 2 heteroatoms. The van der Waals surface area contributed by atoms with E-state index in [9.17, 15) is 4.79 Å². The molecule has 0 aliphatic carbocycles. The molecule has 0 aliphatic heterocycles. The second kappa shape index (κ2) is 8.34. The van der Waals surface area contributed by atoms with Crippen LogP contribution in [0, 0.1) is 0 Å². The van der Waals surface area contributed by atoms with Crippen molar-refractivity contribution in [1.29, 1.82) is 0 Å². The Balaban J connectivity index is 2.15. The maximum absolute atomic E-state index is 11.5. The van der Waals surface area contributed by atoms with E-state index < -0.39 is 0 Å². The first-order valence-electron chi connectivity index (χ1n) is 5.82. The highest BCUT2D eigenvalue weighted by atomic mass is 16.5. The smallest absolute Gasteiger partial charge is 0.338 e. The van der Waals surface area contributed by atoms with Gasteiger partial charge in [0, 0.05) is 0 Å². The largest absolute Gasteiger partial charge is 0.462 e. The van der Waals surface area contributed by atoms with Gasteiger partial charge in [0.05, 0.1) is 12.2 Å². The van der Waals surface area contributed by atoms with Crippen LogP contribution in [0.15, 0.2) is 55.1 Å². The number of unbranched alkanes of at least 4 members (excludes halogenated alkanes) is 1. The van der Waals surface area contributed by atoms with Gasteiger partial charge in [0.1, 0.15) is 0 Å². The highest BCUT2D eigenvalue weighted by Gasteiger charge is 2.04. The zero-order valence-electron chi connectivity index (χ0n) is 9.97. The molecule has 1 aromatic carbocycles. The first-order valence-corrected chi connectivity index (χ1v) is 5.82. The lowest BCUT2D eigenvalue weighted by molar-refractivity contribution is 0.0501. The highest BCUT2D eigenvalue weighted by molar-refractivity contribution is 5.89. The van der Waals surface area contributed by atoms with Crippen LogP contribution in [-0.4, -0.2) is 12.6 Å². The fraction of sp³-hybridized carbons (Fsp3) is 0.267. The summed E-state index contributed by atoms with van der Waals surface area (Å²) in [5, 5.41) is 0. The summed E-state index contributed by atoms with van der Waals surface area (Å²) >= 11 is 0. The Kier molecular flexibility index (Phi) is 6.49. The first-order chi connectivity index (χ1) is 8.34. The van der Waals surface area contributed by atoms with Gasteiger partial charge in [0.25, 0.3) is 0 Å². The van der Waals surface area contributed by atoms with E-state index in [0.717, 1.165) is 19.3 Å². The van der Waals surface area contributed by atoms with Crippen LogP contribution in [-0.2, 0) is 4.74 Å². The van der Waals surface area contributed by atoms with E-state index in [1.54, 1.807) is 12.1 Å². The molecule has 90 valence electrons. The highest BCUT2D eigenvalue weighted by Crippen LogP contribution is 2.02. The van der Waals surface area contributed by atoms with E-state index in [0.29, 0.717) is 12.2 Å². The number of hydrogen-bond donors (Lipinski definition) is 0. The van der Waals surface area contributed by atoms with Crippen molar-refractivity contribution in [2.24, 2.45) is 0 Å². The van der Waals surface area contributed by atoms with E-state index in [2.05, 4.69) is 18.7 Å². The quantitative estimate of drug-likeness (QED) is 0.405. The molecule has 1 aromatic rings. The minimum absolute atomic E-state index is 0.249. The van der Waals surface area contributed by atoms with Gasteiger partial charge in [0.2, 0.25) is 0 Å². The van der Waals surface area contributed by atoms with Gasteiger partial charge in [-0.3, -0.25) is 0 Å². The van der Waals surface area contributed by atoms with Crippen molar-refractivity contribution >= 4 is 5.97 Å². The lowest BCUT2D eigenvalue weighted by atomic mass is 10.2. The maximum atomic E-state index is 11.5. The van der Waals surface area contributed by atoms with Crippen LogP contribution in [0.4, 0.5) is 0 Å². The van der Waals surface area contributed by atoms with Gasteiger partial charge in [-0.2, -0.15) is 0 Å². The van der Waals surface area contributed by atoms with Gasteiger partial charge in [-0.1, -0.05) is 36.4 Å². The van der Waals surface area contributed by atoms with Crippen LogP contribution < -0.4 is 0 Å². The van der Waals surface area contributed by atoms with Gasteiger partial charge in [-0.15, -0.1) is 6.58 Å². The minimum atomic E-state index is -0.249. The average molecular weight is 230 g/mol. The zero-order valence-corrected chi connectivity index (χ0v) is 9.97. The number of carbonyl (C=O) groups excluding carboxylic acids is 1. The van der Waals surface area contributed by atoms with Crippen LogP contribution in [0.25, 0.3) is 0 Å². The number of allylic oxidation sites excluding steroid dienone is 3. The third-order valence-corrected chi connectivity index (χ3v) is 2.23. The molecule has 0 saturated carbocycles.